The molecule has 0 amide bonds. The number of rotatable bonds is 1. The molecule has 1 heterocycles. The zero-order valence-corrected chi connectivity index (χ0v) is 11.3. The Hall–Kier alpha value is -1.02. The number of hydrogen-bond donors (Lipinski definition) is 2. The van der Waals surface area contributed by atoms with Gasteiger partial charge in [-0.25, -0.2) is 0 Å². The lowest BCUT2D eigenvalue weighted by Gasteiger charge is -2.24. The van der Waals surface area contributed by atoms with Crippen molar-refractivity contribution in [2.24, 2.45) is 0 Å². The van der Waals surface area contributed by atoms with Gasteiger partial charge >= 0.3 is 0 Å². The molecule has 0 saturated carbocycles. The first-order valence-electron chi connectivity index (χ1n) is 6.44. The van der Waals surface area contributed by atoms with Gasteiger partial charge in [-0.05, 0) is 54.0 Å². The van der Waals surface area contributed by atoms with Crippen LogP contribution in [0.1, 0.15) is 49.8 Å². The van der Waals surface area contributed by atoms with E-state index in [1.807, 2.05) is 6.07 Å². The number of hydrogen-bond acceptors (Lipinski definition) is 2. The molecule has 1 unspecified atom stereocenters. The molecule has 1 aromatic rings. The topological polar surface area (TPSA) is 32.3 Å². The fourth-order valence-corrected chi connectivity index (χ4v) is 2.67. The van der Waals surface area contributed by atoms with Crippen molar-refractivity contribution in [3.8, 4) is 5.75 Å². The van der Waals surface area contributed by atoms with Crippen molar-refractivity contribution in [1.29, 1.82) is 0 Å². The minimum Gasteiger partial charge on any atom is -0.508 e. The molecular weight excluding hydrogens is 210 g/mol. The van der Waals surface area contributed by atoms with Gasteiger partial charge in [0.25, 0.3) is 0 Å². The average molecular weight is 233 g/mol. The molecule has 1 aliphatic heterocycles. The average Bonchev–Trinajstić information content (AvgIpc) is 2.68. The van der Waals surface area contributed by atoms with E-state index in [-0.39, 0.29) is 5.41 Å². The Morgan fingerprint density at radius 3 is 2.53 bits per heavy atom. The Balaban J connectivity index is 2.45. The van der Waals surface area contributed by atoms with Gasteiger partial charge in [0.05, 0.1) is 0 Å². The second-order valence-corrected chi connectivity index (χ2v) is 6.17. The van der Waals surface area contributed by atoms with Gasteiger partial charge in [0.1, 0.15) is 5.75 Å². The van der Waals surface area contributed by atoms with E-state index in [0.29, 0.717) is 11.7 Å². The number of benzene rings is 1. The summed E-state index contributed by atoms with van der Waals surface area (Å²) in [5.41, 5.74) is 3.67. The van der Waals surface area contributed by atoms with Crippen molar-refractivity contribution in [2.45, 2.75) is 45.4 Å². The van der Waals surface area contributed by atoms with Crippen LogP contribution in [-0.4, -0.2) is 18.2 Å². The summed E-state index contributed by atoms with van der Waals surface area (Å²) in [6, 6.07) is 4.14. The summed E-state index contributed by atoms with van der Waals surface area (Å²) in [6.45, 7) is 10.7. The van der Waals surface area contributed by atoms with Crippen LogP contribution >= 0.6 is 0 Å². The van der Waals surface area contributed by atoms with E-state index in [9.17, 15) is 5.11 Å². The maximum Gasteiger partial charge on any atom is 0.119 e. The van der Waals surface area contributed by atoms with Gasteiger partial charge in [-0.2, -0.15) is 0 Å². The Bertz CT molecular complexity index is 412. The number of phenols is 1. The van der Waals surface area contributed by atoms with Crippen molar-refractivity contribution in [1.82, 2.24) is 5.32 Å². The van der Waals surface area contributed by atoms with Crippen LogP contribution in [0, 0.1) is 6.92 Å². The molecule has 0 aliphatic carbocycles. The zero-order chi connectivity index (χ0) is 12.6. The minimum atomic E-state index is -0.00142. The molecule has 1 fully saturated rings. The van der Waals surface area contributed by atoms with Crippen molar-refractivity contribution < 1.29 is 5.11 Å². The van der Waals surface area contributed by atoms with E-state index < -0.39 is 0 Å². The minimum absolute atomic E-state index is 0.00142. The van der Waals surface area contributed by atoms with Crippen LogP contribution in [0.5, 0.6) is 5.75 Å². The largest absolute Gasteiger partial charge is 0.508 e. The van der Waals surface area contributed by atoms with Crippen LogP contribution in [0.25, 0.3) is 0 Å². The van der Waals surface area contributed by atoms with E-state index in [2.05, 4.69) is 39.1 Å². The summed E-state index contributed by atoms with van der Waals surface area (Å²) in [5, 5.41) is 13.5. The molecule has 0 radical (unpaired) electrons. The quantitative estimate of drug-likeness (QED) is 0.781. The maximum absolute atomic E-state index is 10.1. The van der Waals surface area contributed by atoms with Crippen LogP contribution in [-0.2, 0) is 5.41 Å². The van der Waals surface area contributed by atoms with E-state index in [1.165, 1.54) is 17.5 Å². The summed E-state index contributed by atoms with van der Waals surface area (Å²) in [4.78, 5) is 0. The lowest BCUT2D eigenvalue weighted by atomic mass is 9.82. The fourth-order valence-electron chi connectivity index (χ4n) is 2.67. The molecule has 2 N–H and O–H groups in total. The second kappa shape index (κ2) is 4.34. The molecule has 1 atom stereocenters. The van der Waals surface area contributed by atoms with Gasteiger partial charge in [0.15, 0.2) is 0 Å². The molecule has 1 aliphatic rings. The molecule has 0 spiro atoms. The van der Waals surface area contributed by atoms with Crippen molar-refractivity contribution in [3.05, 3.63) is 28.8 Å². The monoisotopic (exact) mass is 233 g/mol. The molecule has 2 rings (SSSR count). The third-order valence-corrected chi connectivity index (χ3v) is 3.69. The molecule has 17 heavy (non-hydrogen) atoms. The zero-order valence-electron chi connectivity index (χ0n) is 11.3. The Kier molecular flexibility index (Phi) is 3.17. The SMILES string of the molecule is Cc1cc(O)c(C(C)(C)C)cc1C1CCNC1. The summed E-state index contributed by atoms with van der Waals surface area (Å²) in [5.74, 6) is 1.04. The summed E-state index contributed by atoms with van der Waals surface area (Å²) in [7, 11) is 0. The van der Waals surface area contributed by atoms with Crippen LogP contribution in [0.2, 0.25) is 0 Å². The van der Waals surface area contributed by atoms with E-state index in [1.54, 1.807) is 0 Å². The fraction of sp³-hybridized carbons (Fsp3) is 0.600. The number of aryl methyl sites for hydroxylation is 1. The van der Waals surface area contributed by atoms with E-state index in [4.69, 9.17) is 0 Å². The maximum atomic E-state index is 10.1. The predicted octanol–water partition coefficient (Wildman–Crippen LogP) is 3.08. The number of phenolic OH excluding ortho intramolecular Hbond substituents is 1. The first kappa shape index (κ1) is 12.4. The molecular formula is C15H23NO. The number of nitrogens with one attached hydrogen (secondary N) is 1. The summed E-state index contributed by atoms with van der Waals surface area (Å²) >= 11 is 0. The van der Waals surface area contributed by atoms with Gasteiger partial charge in [0.2, 0.25) is 0 Å². The molecule has 2 heteroatoms. The van der Waals surface area contributed by atoms with Gasteiger partial charge in [-0.1, -0.05) is 26.8 Å². The van der Waals surface area contributed by atoms with Crippen molar-refractivity contribution in [3.63, 3.8) is 0 Å². The van der Waals surface area contributed by atoms with Crippen LogP contribution in [0.3, 0.4) is 0 Å². The molecule has 2 nitrogen and oxygen atoms in total. The lowest BCUT2D eigenvalue weighted by molar-refractivity contribution is 0.445. The highest BCUT2D eigenvalue weighted by atomic mass is 16.3. The lowest BCUT2D eigenvalue weighted by Crippen LogP contribution is -2.14. The van der Waals surface area contributed by atoms with Gasteiger partial charge in [-0.3, -0.25) is 0 Å². The summed E-state index contributed by atoms with van der Waals surface area (Å²) < 4.78 is 0. The van der Waals surface area contributed by atoms with Crippen LogP contribution in [0.4, 0.5) is 0 Å². The highest BCUT2D eigenvalue weighted by Crippen LogP contribution is 2.36. The second-order valence-electron chi connectivity index (χ2n) is 6.17. The van der Waals surface area contributed by atoms with Gasteiger partial charge < -0.3 is 10.4 Å². The third-order valence-electron chi connectivity index (χ3n) is 3.69. The Morgan fingerprint density at radius 2 is 2.00 bits per heavy atom. The van der Waals surface area contributed by atoms with Crippen LogP contribution in [0.15, 0.2) is 12.1 Å². The molecule has 1 saturated heterocycles. The molecule has 0 aromatic heterocycles. The Morgan fingerprint density at radius 1 is 1.29 bits per heavy atom. The van der Waals surface area contributed by atoms with Crippen molar-refractivity contribution in [2.75, 3.05) is 13.1 Å². The smallest absolute Gasteiger partial charge is 0.119 e. The predicted molar refractivity (Wildman–Crippen MR) is 71.8 cm³/mol. The highest BCUT2D eigenvalue weighted by molar-refractivity contribution is 5.46. The number of aromatic hydroxyl groups is 1. The highest BCUT2D eigenvalue weighted by Gasteiger charge is 2.24. The summed E-state index contributed by atoms with van der Waals surface area (Å²) in [6.07, 6.45) is 1.20. The van der Waals surface area contributed by atoms with E-state index >= 15 is 0 Å². The molecule has 1 aromatic carbocycles. The van der Waals surface area contributed by atoms with Gasteiger partial charge in [0, 0.05) is 6.54 Å². The first-order valence-corrected chi connectivity index (χ1v) is 6.44. The normalized spacial score (nSPS) is 20.8. The van der Waals surface area contributed by atoms with Gasteiger partial charge in [-0.15, -0.1) is 0 Å². The molecule has 94 valence electrons. The molecule has 0 bridgehead atoms. The third kappa shape index (κ3) is 2.47. The van der Waals surface area contributed by atoms with Crippen molar-refractivity contribution >= 4 is 0 Å². The standard InChI is InChI=1S/C15H23NO/c1-10-7-14(17)13(15(2,3)4)8-12(10)11-5-6-16-9-11/h7-8,11,16-17H,5-6,9H2,1-4H3. The Labute approximate surface area is 104 Å². The van der Waals surface area contributed by atoms with E-state index in [0.717, 1.165) is 18.7 Å². The van der Waals surface area contributed by atoms with Crippen LogP contribution < -0.4 is 5.32 Å². The first-order chi connectivity index (χ1) is 7.89.